The molecule has 1 aromatic heterocycles. The molecule has 0 aliphatic heterocycles. The third-order valence-electron chi connectivity index (χ3n) is 4.04. The lowest BCUT2D eigenvalue weighted by molar-refractivity contribution is -0.122. The predicted octanol–water partition coefficient (Wildman–Crippen LogP) is 1.70. The van der Waals surface area contributed by atoms with Gasteiger partial charge in [0.05, 0.1) is 20.8 Å². The molecule has 154 valence electrons. The largest absolute Gasteiger partial charge is 0.493 e. The van der Waals surface area contributed by atoms with Gasteiger partial charge in [-0.1, -0.05) is 19.0 Å². The van der Waals surface area contributed by atoms with Gasteiger partial charge in [-0.3, -0.25) is 9.32 Å². The molecule has 0 bridgehead atoms. The highest BCUT2D eigenvalue weighted by atomic mass is 16.5. The van der Waals surface area contributed by atoms with E-state index < -0.39 is 5.76 Å². The Kier molecular flexibility index (Phi) is 8.06. The fraction of sp³-hybridized carbons (Fsp3) is 0.526. The van der Waals surface area contributed by atoms with Gasteiger partial charge < -0.3 is 19.5 Å². The number of nitrogens with one attached hydrogen (secondary N) is 1. The maximum atomic E-state index is 12.2. The molecule has 0 saturated heterocycles. The van der Waals surface area contributed by atoms with Gasteiger partial charge in [-0.05, 0) is 30.5 Å². The van der Waals surface area contributed by atoms with Gasteiger partial charge in [0.15, 0.2) is 17.3 Å². The summed E-state index contributed by atoms with van der Waals surface area (Å²) in [5, 5.41) is 6.50. The summed E-state index contributed by atoms with van der Waals surface area (Å²) in [7, 11) is 3.04. The monoisotopic (exact) mass is 393 g/mol. The van der Waals surface area contributed by atoms with Gasteiger partial charge in [0.25, 0.3) is 0 Å². The van der Waals surface area contributed by atoms with Crippen LogP contribution in [0.25, 0.3) is 11.4 Å². The van der Waals surface area contributed by atoms with Crippen LogP contribution in [0.4, 0.5) is 0 Å². The van der Waals surface area contributed by atoms with Crippen molar-refractivity contribution in [2.24, 2.45) is 5.92 Å². The van der Waals surface area contributed by atoms with Gasteiger partial charge in [0, 0.05) is 18.7 Å². The number of nitrogens with zero attached hydrogens (tertiary/aromatic N) is 2. The number of rotatable bonds is 11. The Hall–Kier alpha value is -2.81. The molecule has 0 unspecified atom stereocenters. The van der Waals surface area contributed by atoms with E-state index >= 15 is 0 Å². The molecule has 2 rings (SSSR count). The van der Waals surface area contributed by atoms with E-state index in [1.54, 1.807) is 18.2 Å². The Labute approximate surface area is 163 Å². The minimum absolute atomic E-state index is 0.210. The summed E-state index contributed by atoms with van der Waals surface area (Å²) >= 11 is 0. The molecule has 2 aromatic rings. The van der Waals surface area contributed by atoms with Gasteiger partial charge in [0.2, 0.25) is 5.91 Å². The quantitative estimate of drug-likeness (QED) is 0.579. The molecular weight excluding hydrogens is 366 g/mol. The van der Waals surface area contributed by atoms with Crippen molar-refractivity contribution in [3.8, 4) is 22.9 Å². The van der Waals surface area contributed by atoms with E-state index in [2.05, 4.69) is 24.3 Å². The lowest BCUT2D eigenvalue weighted by Gasteiger charge is -2.10. The van der Waals surface area contributed by atoms with Crippen LogP contribution in [-0.4, -0.2) is 49.6 Å². The van der Waals surface area contributed by atoms with Crippen molar-refractivity contribution >= 4 is 5.91 Å². The third kappa shape index (κ3) is 5.85. The average molecular weight is 393 g/mol. The average Bonchev–Trinajstić information content (AvgIpc) is 3.04. The maximum Gasteiger partial charge on any atom is 0.442 e. The summed E-state index contributed by atoms with van der Waals surface area (Å²) in [5.74, 6) is 0.774. The Morgan fingerprint density at radius 3 is 2.64 bits per heavy atom. The normalized spacial score (nSPS) is 10.9. The molecule has 1 aromatic carbocycles. The molecule has 0 atom stereocenters. The Morgan fingerprint density at radius 1 is 1.21 bits per heavy atom. The van der Waals surface area contributed by atoms with Crippen LogP contribution >= 0.6 is 0 Å². The van der Waals surface area contributed by atoms with Gasteiger partial charge in [-0.15, -0.1) is 0 Å². The number of hydrogen-bond donors (Lipinski definition) is 1. The van der Waals surface area contributed by atoms with Gasteiger partial charge in [-0.2, -0.15) is 0 Å². The van der Waals surface area contributed by atoms with Crippen molar-refractivity contribution in [3.05, 3.63) is 28.7 Å². The lowest BCUT2D eigenvalue weighted by atomic mass is 10.1. The van der Waals surface area contributed by atoms with Crippen molar-refractivity contribution in [2.45, 2.75) is 26.8 Å². The highest BCUT2D eigenvalue weighted by Gasteiger charge is 2.17. The predicted molar refractivity (Wildman–Crippen MR) is 103 cm³/mol. The molecule has 1 N–H and O–H groups in total. The van der Waals surface area contributed by atoms with E-state index in [-0.39, 0.29) is 18.3 Å². The van der Waals surface area contributed by atoms with Crippen LogP contribution in [0.1, 0.15) is 20.3 Å². The molecular formula is C19H27N3O6. The van der Waals surface area contributed by atoms with Crippen LogP contribution in [0, 0.1) is 5.92 Å². The van der Waals surface area contributed by atoms with Crippen molar-refractivity contribution in [3.63, 3.8) is 0 Å². The highest BCUT2D eigenvalue weighted by molar-refractivity contribution is 5.76. The summed E-state index contributed by atoms with van der Waals surface area (Å²) in [5.41, 5.74) is 0.563. The minimum Gasteiger partial charge on any atom is -0.493 e. The molecule has 0 aliphatic rings. The van der Waals surface area contributed by atoms with E-state index in [1.807, 2.05) is 0 Å². The van der Waals surface area contributed by atoms with E-state index in [1.165, 1.54) is 14.2 Å². The second-order valence-corrected chi connectivity index (χ2v) is 6.57. The van der Waals surface area contributed by atoms with Gasteiger partial charge >= 0.3 is 5.76 Å². The SMILES string of the molecule is COc1ccc(-c2noc(=O)n2CC(=O)NCCOCCC(C)C)cc1OC. The molecule has 9 nitrogen and oxygen atoms in total. The van der Waals surface area contributed by atoms with E-state index in [0.29, 0.717) is 42.7 Å². The fourth-order valence-electron chi connectivity index (χ4n) is 2.47. The van der Waals surface area contributed by atoms with Crippen LogP contribution in [0.3, 0.4) is 0 Å². The first-order valence-electron chi connectivity index (χ1n) is 9.09. The maximum absolute atomic E-state index is 12.2. The third-order valence-corrected chi connectivity index (χ3v) is 4.04. The number of carbonyl (C=O) groups excluding carboxylic acids is 1. The number of methoxy groups -OCH3 is 2. The molecule has 0 spiro atoms. The number of carbonyl (C=O) groups is 1. The van der Waals surface area contributed by atoms with Crippen molar-refractivity contribution in [2.75, 3.05) is 34.0 Å². The molecule has 1 amide bonds. The molecule has 0 fully saturated rings. The van der Waals surface area contributed by atoms with Crippen LogP contribution < -0.4 is 20.5 Å². The Morgan fingerprint density at radius 2 is 1.96 bits per heavy atom. The van der Waals surface area contributed by atoms with Crippen molar-refractivity contribution < 1.29 is 23.5 Å². The lowest BCUT2D eigenvalue weighted by Crippen LogP contribution is -2.33. The van der Waals surface area contributed by atoms with Crippen molar-refractivity contribution in [1.29, 1.82) is 0 Å². The summed E-state index contributed by atoms with van der Waals surface area (Å²) < 4.78 is 21.8. The number of hydrogen-bond acceptors (Lipinski definition) is 7. The summed E-state index contributed by atoms with van der Waals surface area (Å²) in [6.07, 6.45) is 0.971. The van der Waals surface area contributed by atoms with Crippen LogP contribution in [0.2, 0.25) is 0 Å². The van der Waals surface area contributed by atoms with Gasteiger partial charge in [0.1, 0.15) is 6.54 Å². The topological polar surface area (TPSA) is 105 Å². The van der Waals surface area contributed by atoms with E-state index in [4.69, 9.17) is 18.7 Å². The Bertz CT molecular complexity index is 827. The first-order chi connectivity index (χ1) is 13.5. The molecule has 0 aliphatic carbocycles. The van der Waals surface area contributed by atoms with Gasteiger partial charge in [-0.25, -0.2) is 9.36 Å². The molecule has 0 radical (unpaired) electrons. The van der Waals surface area contributed by atoms with Crippen LogP contribution in [0.15, 0.2) is 27.5 Å². The zero-order chi connectivity index (χ0) is 20.5. The fourth-order valence-corrected chi connectivity index (χ4v) is 2.47. The number of aromatic nitrogens is 2. The first kappa shape index (κ1) is 21.5. The van der Waals surface area contributed by atoms with Crippen LogP contribution in [0.5, 0.6) is 11.5 Å². The highest BCUT2D eigenvalue weighted by Crippen LogP contribution is 2.31. The number of ether oxygens (including phenoxy) is 3. The summed E-state index contributed by atoms with van der Waals surface area (Å²) in [4.78, 5) is 24.1. The zero-order valence-corrected chi connectivity index (χ0v) is 16.7. The molecule has 28 heavy (non-hydrogen) atoms. The van der Waals surface area contributed by atoms with Crippen molar-refractivity contribution in [1.82, 2.24) is 15.0 Å². The van der Waals surface area contributed by atoms with E-state index in [0.717, 1.165) is 11.0 Å². The summed E-state index contributed by atoms with van der Waals surface area (Å²) in [6.45, 7) is 5.47. The number of benzene rings is 1. The number of amides is 1. The standard InChI is InChI=1S/C19H27N3O6/c1-13(2)7-9-27-10-8-20-17(23)12-22-18(21-28-19(22)24)14-5-6-15(25-3)16(11-14)26-4/h5-6,11,13H,7-10,12H2,1-4H3,(H,20,23). The second kappa shape index (κ2) is 10.5. The molecule has 1 heterocycles. The molecule has 9 heteroatoms. The smallest absolute Gasteiger partial charge is 0.442 e. The molecule has 0 saturated carbocycles. The second-order valence-electron chi connectivity index (χ2n) is 6.57. The zero-order valence-electron chi connectivity index (χ0n) is 16.7. The minimum atomic E-state index is -0.715. The summed E-state index contributed by atoms with van der Waals surface area (Å²) in [6, 6.07) is 5.05. The Balaban J connectivity index is 1.99. The first-order valence-corrected chi connectivity index (χ1v) is 9.09. The van der Waals surface area contributed by atoms with Crippen LogP contribution in [-0.2, 0) is 16.1 Å². The van der Waals surface area contributed by atoms with E-state index in [9.17, 15) is 9.59 Å².